The highest BCUT2D eigenvalue weighted by Crippen LogP contribution is 2.42. The standard InChI is InChI=1S/C27H22BrN3O2S/c28-21-11-13-22(14-12-21)31-26(33)24(17-20-9-5-2-6-10-20)34-27(31)23(18-29)25(32)30-16-15-19-7-3-1-4-8-19/h1-14,24H,15-17H2,(H,30,32)/b27-23-. The first-order valence-corrected chi connectivity index (χ1v) is 12.5. The van der Waals surface area contributed by atoms with Gasteiger partial charge in [-0.3, -0.25) is 14.5 Å². The molecule has 0 aliphatic carbocycles. The predicted octanol–water partition coefficient (Wildman–Crippen LogP) is 5.23. The molecular weight excluding hydrogens is 510 g/mol. The molecule has 3 aromatic rings. The van der Waals surface area contributed by atoms with Crippen molar-refractivity contribution in [1.29, 1.82) is 5.26 Å². The van der Waals surface area contributed by atoms with Gasteiger partial charge in [0.2, 0.25) is 5.91 Å². The molecule has 0 radical (unpaired) electrons. The SMILES string of the molecule is N#C/C(C(=O)NCCc1ccccc1)=C1/SC(Cc2ccccc2)C(=O)N1c1ccc(Br)cc1. The van der Waals surface area contributed by atoms with Crippen molar-refractivity contribution >= 4 is 45.2 Å². The number of carbonyl (C=O) groups excluding carboxylic acids is 2. The molecule has 1 unspecified atom stereocenters. The molecule has 1 heterocycles. The molecule has 1 N–H and O–H groups in total. The van der Waals surface area contributed by atoms with Crippen molar-refractivity contribution in [3.8, 4) is 6.07 Å². The zero-order valence-electron chi connectivity index (χ0n) is 18.3. The summed E-state index contributed by atoms with van der Waals surface area (Å²) in [7, 11) is 0. The first-order valence-electron chi connectivity index (χ1n) is 10.8. The Morgan fingerprint density at radius 2 is 1.59 bits per heavy atom. The van der Waals surface area contributed by atoms with E-state index in [0.717, 1.165) is 15.6 Å². The number of halogens is 1. The molecule has 1 atom stereocenters. The van der Waals surface area contributed by atoms with Crippen molar-refractivity contribution in [2.75, 3.05) is 11.4 Å². The fraction of sp³-hybridized carbons (Fsp3) is 0.148. The molecule has 1 fully saturated rings. The van der Waals surface area contributed by atoms with E-state index in [2.05, 4.69) is 27.3 Å². The van der Waals surface area contributed by atoms with Gasteiger partial charge < -0.3 is 5.32 Å². The second-order valence-corrected chi connectivity index (χ2v) is 9.84. The minimum atomic E-state index is -0.476. The van der Waals surface area contributed by atoms with E-state index in [9.17, 15) is 14.9 Å². The Morgan fingerprint density at radius 3 is 2.21 bits per heavy atom. The second-order valence-electron chi connectivity index (χ2n) is 7.73. The Hall–Kier alpha value is -3.34. The van der Waals surface area contributed by atoms with Crippen molar-refractivity contribution in [1.82, 2.24) is 5.32 Å². The van der Waals surface area contributed by atoms with Gasteiger partial charge in [-0.25, -0.2) is 0 Å². The van der Waals surface area contributed by atoms with E-state index >= 15 is 0 Å². The summed E-state index contributed by atoms with van der Waals surface area (Å²) in [6.07, 6.45) is 1.16. The van der Waals surface area contributed by atoms with Crippen LogP contribution in [0.1, 0.15) is 11.1 Å². The monoisotopic (exact) mass is 531 g/mol. The molecule has 0 aromatic heterocycles. The van der Waals surface area contributed by atoms with E-state index in [-0.39, 0.29) is 11.5 Å². The van der Waals surface area contributed by atoms with E-state index in [4.69, 9.17) is 0 Å². The summed E-state index contributed by atoms with van der Waals surface area (Å²) in [5.41, 5.74) is 2.69. The number of hydrogen-bond donors (Lipinski definition) is 1. The van der Waals surface area contributed by atoms with Crippen LogP contribution >= 0.6 is 27.7 Å². The third kappa shape index (κ3) is 5.58. The highest BCUT2D eigenvalue weighted by molar-refractivity contribution is 9.10. The summed E-state index contributed by atoms with van der Waals surface area (Å²) in [6.45, 7) is 0.394. The van der Waals surface area contributed by atoms with E-state index < -0.39 is 11.2 Å². The summed E-state index contributed by atoms with van der Waals surface area (Å²) >= 11 is 4.69. The van der Waals surface area contributed by atoms with Crippen molar-refractivity contribution < 1.29 is 9.59 Å². The molecular formula is C27H22BrN3O2S. The number of thioether (sulfide) groups is 1. The lowest BCUT2D eigenvalue weighted by molar-refractivity contribution is -0.117. The molecule has 170 valence electrons. The van der Waals surface area contributed by atoms with Crippen LogP contribution in [0.25, 0.3) is 0 Å². The number of nitrogens with one attached hydrogen (secondary N) is 1. The van der Waals surface area contributed by atoms with Gasteiger partial charge in [-0.1, -0.05) is 88.4 Å². The number of amides is 2. The maximum Gasteiger partial charge on any atom is 0.264 e. The minimum absolute atomic E-state index is 0.0510. The van der Waals surface area contributed by atoms with Crippen molar-refractivity contribution in [2.45, 2.75) is 18.1 Å². The van der Waals surface area contributed by atoms with Crippen LogP contribution in [-0.4, -0.2) is 23.6 Å². The van der Waals surface area contributed by atoms with E-state index in [1.54, 1.807) is 12.1 Å². The molecule has 0 spiro atoms. The van der Waals surface area contributed by atoms with Crippen molar-refractivity contribution in [3.63, 3.8) is 0 Å². The average Bonchev–Trinajstić information content (AvgIpc) is 3.17. The van der Waals surface area contributed by atoms with Gasteiger partial charge in [0.05, 0.1) is 5.25 Å². The normalized spacial score (nSPS) is 16.8. The minimum Gasteiger partial charge on any atom is -0.351 e. The summed E-state index contributed by atoms with van der Waals surface area (Å²) < 4.78 is 0.876. The number of nitrogens with zero attached hydrogens (tertiary/aromatic N) is 2. The zero-order valence-corrected chi connectivity index (χ0v) is 20.7. The first kappa shape index (κ1) is 23.8. The van der Waals surface area contributed by atoms with Gasteiger partial charge in [-0.2, -0.15) is 5.26 Å². The van der Waals surface area contributed by atoms with Gasteiger partial charge in [0.15, 0.2) is 0 Å². The lowest BCUT2D eigenvalue weighted by Crippen LogP contribution is -2.32. The quantitative estimate of drug-likeness (QED) is 0.334. The summed E-state index contributed by atoms with van der Waals surface area (Å²) in [5, 5.41) is 12.7. The third-order valence-corrected chi connectivity index (χ3v) is 7.19. The number of carbonyl (C=O) groups is 2. The molecule has 0 saturated carbocycles. The van der Waals surface area contributed by atoms with E-state index in [0.29, 0.717) is 30.1 Å². The Morgan fingerprint density at radius 1 is 0.971 bits per heavy atom. The number of rotatable bonds is 7. The van der Waals surface area contributed by atoms with Gasteiger partial charge in [0.1, 0.15) is 16.7 Å². The van der Waals surface area contributed by atoms with Crippen LogP contribution in [0.2, 0.25) is 0 Å². The van der Waals surface area contributed by atoms with Crippen molar-refractivity contribution in [2.24, 2.45) is 0 Å². The fourth-order valence-corrected chi connectivity index (χ4v) is 5.27. The summed E-state index contributed by atoms with van der Waals surface area (Å²) in [4.78, 5) is 28.0. The van der Waals surface area contributed by atoms with Gasteiger partial charge in [0, 0.05) is 16.7 Å². The van der Waals surface area contributed by atoms with Crippen LogP contribution in [0.3, 0.4) is 0 Å². The fourth-order valence-electron chi connectivity index (χ4n) is 3.69. The molecule has 1 aliphatic rings. The van der Waals surface area contributed by atoms with E-state index in [1.807, 2.05) is 72.8 Å². The zero-order chi connectivity index (χ0) is 23.9. The highest BCUT2D eigenvalue weighted by atomic mass is 79.9. The summed E-state index contributed by atoms with van der Waals surface area (Å²) in [5.74, 6) is -0.618. The van der Waals surface area contributed by atoms with Crippen LogP contribution in [0.15, 0.2) is 100 Å². The molecule has 0 bridgehead atoms. The summed E-state index contributed by atoms with van der Waals surface area (Å²) in [6, 6.07) is 28.9. The first-order chi connectivity index (χ1) is 16.6. The van der Waals surface area contributed by atoms with Crippen LogP contribution in [0, 0.1) is 11.3 Å². The molecule has 34 heavy (non-hydrogen) atoms. The Balaban J connectivity index is 1.61. The van der Waals surface area contributed by atoms with Gasteiger partial charge >= 0.3 is 0 Å². The molecule has 3 aromatic carbocycles. The Kier molecular flexibility index (Phi) is 7.84. The highest BCUT2D eigenvalue weighted by Gasteiger charge is 2.40. The number of hydrogen-bond acceptors (Lipinski definition) is 4. The maximum atomic E-state index is 13.5. The Bertz CT molecular complexity index is 1240. The van der Waals surface area contributed by atoms with Crippen LogP contribution in [0.4, 0.5) is 5.69 Å². The lowest BCUT2D eigenvalue weighted by atomic mass is 10.1. The van der Waals surface area contributed by atoms with Crippen LogP contribution in [-0.2, 0) is 22.4 Å². The molecule has 5 nitrogen and oxygen atoms in total. The van der Waals surface area contributed by atoms with Gasteiger partial charge in [-0.05, 0) is 48.2 Å². The van der Waals surface area contributed by atoms with Crippen LogP contribution in [0.5, 0.6) is 0 Å². The Labute approximate surface area is 211 Å². The molecule has 2 amide bonds. The lowest BCUT2D eigenvalue weighted by Gasteiger charge is -2.19. The van der Waals surface area contributed by atoms with Gasteiger partial charge in [-0.15, -0.1) is 0 Å². The number of anilines is 1. The average molecular weight is 532 g/mol. The molecule has 1 aliphatic heterocycles. The third-order valence-electron chi connectivity index (χ3n) is 5.40. The number of nitriles is 1. The van der Waals surface area contributed by atoms with Gasteiger partial charge in [0.25, 0.3) is 5.91 Å². The smallest absolute Gasteiger partial charge is 0.264 e. The topological polar surface area (TPSA) is 73.2 Å². The predicted molar refractivity (Wildman–Crippen MR) is 139 cm³/mol. The number of benzene rings is 3. The maximum absolute atomic E-state index is 13.5. The van der Waals surface area contributed by atoms with Crippen LogP contribution < -0.4 is 10.2 Å². The molecule has 1 saturated heterocycles. The largest absolute Gasteiger partial charge is 0.351 e. The van der Waals surface area contributed by atoms with E-state index in [1.165, 1.54) is 16.7 Å². The second kappa shape index (κ2) is 11.2. The van der Waals surface area contributed by atoms with Crippen molar-refractivity contribution in [3.05, 3.63) is 111 Å². The molecule has 7 heteroatoms. The molecule has 4 rings (SSSR count).